The maximum atomic E-state index is 13.1. The smallest absolute Gasteiger partial charge is 0.356 e. The fourth-order valence-electron chi connectivity index (χ4n) is 4.02. The van der Waals surface area contributed by atoms with Crippen LogP contribution in [0.2, 0.25) is 0 Å². The van der Waals surface area contributed by atoms with E-state index in [0.717, 1.165) is 42.4 Å². The number of hydrogen-bond acceptors (Lipinski definition) is 3. The molecule has 0 bridgehead atoms. The summed E-state index contributed by atoms with van der Waals surface area (Å²) in [6, 6.07) is 11.4. The Kier molecular flexibility index (Phi) is 7.63. The molecule has 0 unspecified atom stereocenters. The van der Waals surface area contributed by atoms with E-state index >= 15 is 0 Å². The Morgan fingerprint density at radius 2 is 1.94 bits per heavy atom. The lowest BCUT2D eigenvalue weighted by molar-refractivity contribution is -0.137. The van der Waals surface area contributed by atoms with Crippen LogP contribution in [0.25, 0.3) is 5.65 Å². The number of benzene rings is 1. The summed E-state index contributed by atoms with van der Waals surface area (Å²) in [5.74, 6) is 1.46. The number of halogens is 4. The van der Waals surface area contributed by atoms with E-state index in [-0.39, 0.29) is 29.4 Å². The van der Waals surface area contributed by atoms with E-state index in [4.69, 9.17) is 0 Å². The molecule has 2 heterocycles. The molecule has 1 aromatic carbocycles. The highest BCUT2D eigenvalue weighted by Gasteiger charge is 2.40. The van der Waals surface area contributed by atoms with Crippen molar-refractivity contribution in [2.75, 3.05) is 20.1 Å². The molecule has 2 aromatic heterocycles. The van der Waals surface area contributed by atoms with E-state index in [0.29, 0.717) is 25.5 Å². The minimum absolute atomic E-state index is 0. The van der Waals surface area contributed by atoms with Gasteiger partial charge >= 0.3 is 6.18 Å². The van der Waals surface area contributed by atoms with Crippen molar-refractivity contribution in [3.8, 4) is 0 Å². The Morgan fingerprint density at radius 1 is 1.12 bits per heavy atom. The van der Waals surface area contributed by atoms with Crippen molar-refractivity contribution in [2.24, 2.45) is 4.99 Å². The van der Waals surface area contributed by atoms with Crippen molar-refractivity contribution in [3.63, 3.8) is 0 Å². The minimum atomic E-state index is -4.34. The Bertz CT molecular complexity index is 1070. The molecule has 0 spiro atoms. The quantitative estimate of drug-likeness (QED) is 0.271. The van der Waals surface area contributed by atoms with E-state index in [1.54, 1.807) is 13.1 Å². The van der Waals surface area contributed by atoms with Crippen molar-refractivity contribution in [1.29, 1.82) is 0 Å². The number of alkyl halides is 3. The summed E-state index contributed by atoms with van der Waals surface area (Å²) in [4.78, 5) is 4.25. The van der Waals surface area contributed by atoms with Gasteiger partial charge in [0.2, 0.25) is 0 Å². The zero-order valence-corrected chi connectivity index (χ0v) is 20.0. The number of nitrogens with one attached hydrogen (secondary N) is 2. The molecule has 0 radical (unpaired) electrons. The van der Waals surface area contributed by atoms with Gasteiger partial charge in [0.1, 0.15) is 5.82 Å². The topological polar surface area (TPSA) is 66.6 Å². The first-order chi connectivity index (χ1) is 14.9. The Hall–Kier alpha value is -2.37. The predicted octanol–water partition coefficient (Wildman–Crippen LogP) is 4.20. The zero-order valence-electron chi connectivity index (χ0n) is 17.7. The van der Waals surface area contributed by atoms with E-state index in [1.807, 2.05) is 28.8 Å². The summed E-state index contributed by atoms with van der Waals surface area (Å²) in [7, 11) is 1.68. The van der Waals surface area contributed by atoms with Gasteiger partial charge in [0.05, 0.1) is 5.56 Å². The molecule has 0 saturated heterocycles. The molecule has 0 atom stereocenters. The van der Waals surface area contributed by atoms with E-state index in [1.165, 1.54) is 12.1 Å². The van der Waals surface area contributed by atoms with Gasteiger partial charge in [0.15, 0.2) is 11.6 Å². The molecule has 2 N–H and O–H groups in total. The monoisotopic (exact) mass is 558 g/mol. The number of fused-ring (bicyclic) bond motifs is 1. The molecule has 32 heavy (non-hydrogen) atoms. The van der Waals surface area contributed by atoms with Crippen LogP contribution < -0.4 is 10.6 Å². The zero-order chi connectivity index (χ0) is 21.9. The predicted molar refractivity (Wildman–Crippen MR) is 128 cm³/mol. The summed E-state index contributed by atoms with van der Waals surface area (Å²) in [6.07, 6.45) is 0.952. The summed E-state index contributed by atoms with van der Waals surface area (Å²) in [6.45, 7) is 1.13. The van der Waals surface area contributed by atoms with Gasteiger partial charge in [-0.3, -0.25) is 9.39 Å². The number of guanidine groups is 1. The van der Waals surface area contributed by atoms with Crippen molar-refractivity contribution in [3.05, 3.63) is 65.6 Å². The summed E-state index contributed by atoms with van der Waals surface area (Å²) in [5, 5.41) is 14.9. The third-order valence-electron chi connectivity index (χ3n) is 5.96. The molecule has 4 rings (SSSR count). The van der Waals surface area contributed by atoms with E-state index < -0.39 is 11.7 Å². The van der Waals surface area contributed by atoms with Gasteiger partial charge in [-0.15, -0.1) is 34.2 Å². The van der Waals surface area contributed by atoms with Crippen LogP contribution >= 0.6 is 24.0 Å². The maximum absolute atomic E-state index is 13.1. The molecule has 0 aliphatic heterocycles. The summed E-state index contributed by atoms with van der Waals surface area (Å²) in [5.41, 5.74) is 0.626. The minimum Gasteiger partial charge on any atom is -0.356 e. The molecule has 0 amide bonds. The first kappa shape index (κ1) is 24.3. The van der Waals surface area contributed by atoms with Crippen LogP contribution in [0, 0.1) is 0 Å². The number of hydrogen-bond donors (Lipinski definition) is 2. The number of pyridine rings is 1. The van der Waals surface area contributed by atoms with Gasteiger partial charge in [-0.25, -0.2) is 0 Å². The van der Waals surface area contributed by atoms with Crippen LogP contribution in [0.4, 0.5) is 13.2 Å². The standard InChI is InChI=1S/C22H25F3N6.HI/c1-26-20(27-12-9-19-30-29-18-8-2-3-13-31(18)19)28-15-21(10-5-11-21)16-6-4-7-17(14-16)22(23,24)25;/h2-4,6-8,13-14H,5,9-12,15H2,1H3,(H2,26,27,28);1H. The van der Waals surface area contributed by atoms with E-state index in [2.05, 4.69) is 25.8 Å². The lowest BCUT2D eigenvalue weighted by Gasteiger charge is -2.43. The molecule has 172 valence electrons. The Morgan fingerprint density at radius 3 is 2.62 bits per heavy atom. The highest BCUT2D eigenvalue weighted by atomic mass is 127. The fraction of sp³-hybridized carbons (Fsp3) is 0.409. The lowest BCUT2D eigenvalue weighted by atomic mass is 9.64. The normalized spacial score (nSPS) is 15.7. The van der Waals surface area contributed by atoms with Gasteiger partial charge in [-0.1, -0.05) is 30.7 Å². The van der Waals surface area contributed by atoms with Crippen molar-refractivity contribution in [1.82, 2.24) is 25.2 Å². The molecule has 10 heteroatoms. The third-order valence-corrected chi connectivity index (χ3v) is 5.96. The molecule has 1 aliphatic rings. The van der Waals surface area contributed by atoms with Crippen LogP contribution in [-0.4, -0.2) is 40.7 Å². The number of rotatable bonds is 6. The second-order valence-electron chi connectivity index (χ2n) is 7.86. The Labute approximate surface area is 201 Å². The second kappa shape index (κ2) is 10.1. The van der Waals surface area contributed by atoms with Crippen molar-refractivity contribution in [2.45, 2.75) is 37.3 Å². The maximum Gasteiger partial charge on any atom is 0.416 e. The highest BCUT2D eigenvalue weighted by Crippen LogP contribution is 2.44. The van der Waals surface area contributed by atoms with Crippen LogP contribution in [0.1, 0.15) is 36.2 Å². The number of aromatic nitrogens is 3. The summed E-state index contributed by atoms with van der Waals surface area (Å²) >= 11 is 0. The van der Waals surface area contributed by atoms with Crippen LogP contribution in [0.15, 0.2) is 53.7 Å². The third kappa shape index (κ3) is 5.16. The van der Waals surface area contributed by atoms with Gasteiger partial charge in [-0.05, 0) is 36.6 Å². The average Bonchev–Trinajstić information content (AvgIpc) is 3.14. The largest absolute Gasteiger partial charge is 0.416 e. The highest BCUT2D eigenvalue weighted by molar-refractivity contribution is 14.0. The van der Waals surface area contributed by atoms with Gasteiger partial charge in [0.25, 0.3) is 0 Å². The van der Waals surface area contributed by atoms with Crippen molar-refractivity contribution >= 4 is 35.6 Å². The Balaban J connectivity index is 0.00000289. The molecule has 6 nitrogen and oxygen atoms in total. The SMILES string of the molecule is CN=C(NCCc1nnc2ccccn12)NCC1(c2cccc(C(F)(F)F)c2)CCC1.I. The van der Waals surface area contributed by atoms with Gasteiger partial charge in [0, 0.05) is 38.2 Å². The molecule has 1 aliphatic carbocycles. The lowest BCUT2D eigenvalue weighted by Crippen LogP contribution is -2.49. The number of aliphatic imine (C=N–C) groups is 1. The average molecular weight is 558 g/mol. The van der Waals surface area contributed by atoms with Crippen LogP contribution in [0.5, 0.6) is 0 Å². The van der Waals surface area contributed by atoms with Gasteiger partial charge < -0.3 is 10.6 Å². The van der Waals surface area contributed by atoms with Gasteiger partial charge in [-0.2, -0.15) is 13.2 Å². The van der Waals surface area contributed by atoms with Crippen LogP contribution in [-0.2, 0) is 18.0 Å². The van der Waals surface area contributed by atoms with Crippen molar-refractivity contribution < 1.29 is 13.2 Å². The number of nitrogens with zero attached hydrogens (tertiary/aromatic N) is 4. The molecular formula is C22H26F3IN6. The molecular weight excluding hydrogens is 532 g/mol. The first-order valence-corrected chi connectivity index (χ1v) is 10.3. The summed E-state index contributed by atoms with van der Waals surface area (Å²) < 4.78 is 41.4. The fourth-order valence-corrected chi connectivity index (χ4v) is 4.02. The molecule has 1 fully saturated rings. The molecule has 1 saturated carbocycles. The van der Waals surface area contributed by atoms with E-state index in [9.17, 15) is 13.2 Å². The molecule has 3 aromatic rings. The second-order valence-corrected chi connectivity index (χ2v) is 7.86. The first-order valence-electron chi connectivity index (χ1n) is 10.3. The van der Waals surface area contributed by atoms with Crippen LogP contribution in [0.3, 0.4) is 0 Å².